The Balaban J connectivity index is 1.52. The summed E-state index contributed by atoms with van der Waals surface area (Å²) in [6, 6.07) is 20.2. The molecule has 3 aromatic rings. The van der Waals surface area contributed by atoms with Crippen molar-refractivity contribution in [2.45, 2.75) is 65.7 Å². The van der Waals surface area contributed by atoms with Crippen LogP contribution in [-0.2, 0) is 33.8 Å². The largest absolute Gasteiger partial charge is 0.496 e. The molecule has 0 spiro atoms. The molecule has 0 bridgehead atoms. The molecule has 1 N–H and O–H groups in total. The number of esters is 1. The number of benzene rings is 3. The van der Waals surface area contributed by atoms with E-state index in [4.69, 9.17) is 23.7 Å². The van der Waals surface area contributed by atoms with Crippen LogP contribution in [0.3, 0.4) is 0 Å². The van der Waals surface area contributed by atoms with Gasteiger partial charge < -0.3 is 29.0 Å². The maximum atomic E-state index is 12.0. The lowest BCUT2D eigenvalue weighted by Crippen LogP contribution is -2.23. The summed E-state index contributed by atoms with van der Waals surface area (Å²) < 4.78 is 28.4. The van der Waals surface area contributed by atoms with Gasteiger partial charge in [0.25, 0.3) is 0 Å². The van der Waals surface area contributed by atoms with Crippen LogP contribution in [0, 0.1) is 6.92 Å². The monoisotopic (exact) mass is 549 g/mol. The summed E-state index contributed by atoms with van der Waals surface area (Å²) in [5, 5.41) is 3.47. The Hall–Kier alpha value is -3.71. The van der Waals surface area contributed by atoms with E-state index in [0.29, 0.717) is 50.0 Å². The quantitative estimate of drug-likeness (QED) is 0.164. The fourth-order valence-corrected chi connectivity index (χ4v) is 4.17. The average molecular weight is 550 g/mol. The standard InChI is InChI=1S/C33H43NO6/c1-24-13-15-26(16-14-24)23-38-17-18-39-28-20-30(36-5)29(31(21-28)37-6)22-34-27-11-7-9-25(19-27)10-8-12-32(35)40-33(2,3)4/h7,9,11,13-16,19-21,34H,8,10,12,17-18,22-23H2,1-6H3. The van der Waals surface area contributed by atoms with Gasteiger partial charge in [-0.15, -0.1) is 0 Å². The second-order valence-corrected chi connectivity index (χ2v) is 10.7. The molecule has 0 atom stereocenters. The summed E-state index contributed by atoms with van der Waals surface area (Å²) in [5.41, 5.74) is 4.93. The van der Waals surface area contributed by atoms with Gasteiger partial charge in [-0.3, -0.25) is 4.79 Å². The molecule has 0 heterocycles. The molecule has 3 aromatic carbocycles. The van der Waals surface area contributed by atoms with Crippen molar-refractivity contribution < 1.29 is 28.5 Å². The van der Waals surface area contributed by atoms with Crippen molar-refractivity contribution in [3.8, 4) is 17.2 Å². The molecule has 7 heteroatoms. The minimum absolute atomic E-state index is 0.164. The number of methoxy groups -OCH3 is 2. The molecule has 7 nitrogen and oxygen atoms in total. The van der Waals surface area contributed by atoms with Gasteiger partial charge in [-0.2, -0.15) is 0 Å². The first-order chi connectivity index (χ1) is 19.2. The van der Waals surface area contributed by atoms with E-state index < -0.39 is 5.60 Å². The van der Waals surface area contributed by atoms with Gasteiger partial charge in [0.15, 0.2) is 0 Å². The average Bonchev–Trinajstić information content (AvgIpc) is 2.91. The maximum Gasteiger partial charge on any atom is 0.306 e. The summed E-state index contributed by atoms with van der Waals surface area (Å²) in [7, 11) is 3.27. The van der Waals surface area contributed by atoms with Gasteiger partial charge in [0, 0.05) is 30.8 Å². The van der Waals surface area contributed by atoms with E-state index in [-0.39, 0.29) is 5.97 Å². The molecule has 216 valence electrons. The molecule has 0 aromatic heterocycles. The van der Waals surface area contributed by atoms with Crippen molar-refractivity contribution in [3.05, 3.63) is 82.9 Å². The normalized spacial score (nSPS) is 11.2. The Labute approximate surface area is 238 Å². The molecule has 0 fully saturated rings. The Bertz CT molecular complexity index is 1190. The maximum absolute atomic E-state index is 12.0. The van der Waals surface area contributed by atoms with Gasteiger partial charge in [-0.1, -0.05) is 42.0 Å². The van der Waals surface area contributed by atoms with E-state index in [9.17, 15) is 4.79 Å². The molecule has 40 heavy (non-hydrogen) atoms. The van der Waals surface area contributed by atoms with Crippen LogP contribution >= 0.6 is 0 Å². The third-order valence-corrected chi connectivity index (χ3v) is 6.13. The fourth-order valence-electron chi connectivity index (χ4n) is 4.17. The number of anilines is 1. The van der Waals surface area contributed by atoms with Crippen LogP contribution in [0.25, 0.3) is 0 Å². The molecular weight excluding hydrogens is 506 g/mol. The summed E-state index contributed by atoms with van der Waals surface area (Å²) in [6.07, 6.45) is 1.93. The van der Waals surface area contributed by atoms with E-state index in [1.165, 1.54) is 5.56 Å². The summed E-state index contributed by atoms with van der Waals surface area (Å²) in [6.45, 7) is 9.65. The van der Waals surface area contributed by atoms with Crippen LogP contribution in [0.1, 0.15) is 55.9 Å². The molecule has 0 amide bonds. The second kappa shape index (κ2) is 15.2. The molecule has 0 unspecified atom stereocenters. The van der Waals surface area contributed by atoms with E-state index >= 15 is 0 Å². The highest BCUT2D eigenvalue weighted by molar-refractivity contribution is 5.69. The zero-order valence-corrected chi connectivity index (χ0v) is 24.7. The van der Waals surface area contributed by atoms with E-state index in [2.05, 4.69) is 48.6 Å². The van der Waals surface area contributed by atoms with E-state index in [1.807, 2.05) is 45.0 Å². The van der Waals surface area contributed by atoms with Crippen molar-refractivity contribution >= 4 is 11.7 Å². The molecule has 3 rings (SSSR count). The Morgan fingerprint density at radius 2 is 1.57 bits per heavy atom. The predicted molar refractivity (Wildman–Crippen MR) is 158 cm³/mol. The number of carbonyl (C=O) groups is 1. The second-order valence-electron chi connectivity index (χ2n) is 10.7. The number of aryl methyl sites for hydroxylation is 2. The molecule has 0 saturated heterocycles. The Morgan fingerprint density at radius 1 is 0.875 bits per heavy atom. The van der Waals surface area contributed by atoms with Crippen molar-refractivity contribution in [1.29, 1.82) is 0 Å². The lowest BCUT2D eigenvalue weighted by Gasteiger charge is -2.19. The van der Waals surface area contributed by atoms with E-state index in [1.54, 1.807) is 14.2 Å². The molecule has 0 aliphatic carbocycles. The minimum atomic E-state index is -0.455. The number of hydrogen-bond acceptors (Lipinski definition) is 7. The van der Waals surface area contributed by atoms with Crippen LogP contribution in [-0.4, -0.2) is 39.0 Å². The third-order valence-electron chi connectivity index (χ3n) is 6.13. The van der Waals surface area contributed by atoms with Crippen LogP contribution in [0.15, 0.2) is 60.7 Å². The third kappa shape index (κ3) is 10.5. The zero-order chi connectivity index (χ0) is 29.0. The van der Waals surface area contributed by atoms with E-state index in [0.717, 1.165) is 35.2 Å². The number of ether oxygens (including phenoxy) is 5. The molecule has 0 radical (unpaired) electrons. The SMILES string of the molecule is COc1cc(OCCOCc2ccc(C)cc2)cc(OC)c1CNc1cccc(CCCC(=O)OC(C)(C)C)c1. The lowest BCUT2D eigenvalue weighted by atomic mass is 10.1. The Morgan fingerprint density at radius 3 is 2.23 bits per heavy atom. The first kappa shape index (κ1) is 30.8. The highest BCUT2D eigenvalue weighted by Gasteiger charge is 2.16. The Kier molecular flexibility index (Phi) is 11.7. The first-order valence-corrected chi connectivity index (χ1v) is 13.7. The van der Waals surface area contributed by atoms with Gasteiger partial charge in [-0.05, 0) is 63.8 Å². The van der Waals surface area contributed by atoms with Gasteiger partial charge in [0.1, 0.15) is 29.5 Å². The van der Waals surface area contributed by atoms with Crippen molar-refractivity contribution in [1.82, 2.24) is 0 Å². The smallest absolute Gasteiger partial charge is 0.306 e. The minimum Gasteiger partial charge on any atom is -0.496 e. The number of carbonyl (C=O) groups excluding carboxylic acids is 1. The highest BCUT2D eigenvalue weighted by atomic mass is 16.6. The molecule has 0 aliphatic heterocycles. The lowest BCUT2D eigenvalue weighted by molar-refractivity contribution is -0.154. The fraction of sp³-hybridized carbons (Fsp3) is 0.424. The van der Waals surface area contributed by atoms with Gasteiger partial charge in [-0.25, -0.2) is 0 Å². The first-order valence-electron chi connectivity index (χ1n) is 13.7. The van der Waals surface area contributed by atoms with Crippen LogP contribution in [0.4, 0.5) is 5.69 Å². The van der Waals surface area contributed by atoms with Gasteiger partial charge in [0.05, 0.1) is 33.0 Å². The molecular formula is C33H43NO6. The molecule has 0 aliphatic rings. The summed E-state index contributed by atoms with van der Waals surface area (Å²) in [4.78, 5) is 12.0. The topological polar surface area (TPSA) is 75.3 Å². The zero-order valence-electron chi connectivity index (χ0n) is 24.7. The molecule has 0 saturated carbocycles. The van der Waals surface area contributed by atoms with Gasteiger partial charge in [0.2, 0.25) is 0 Å². The number of hydrogen-bond donors (Lipinski definition) is 1. The van der Waals surface area contributed by atoms with Crippen LogP contribution < -0.4 is 19.5 Å². The van der Waals surface area contributed by atoms with Crippen molar-refractivity contribution in [2.75, 3.05) is 32.8 Å². The summed E-state index contributed by atoms with van der Waals surface area (Å²) >= 11 is 0. The predicted octanol–water partition coefficient (Wildman–Crippen LogP) is 6.88. The number of rotatable bonds is 15. The summed E-state index contributed by atoms with van der Waals surface area (Å²) in [5.74, 6) is 1.85. The van der Waals surface area contributed by atoms with Gasteiger partial charge >= 0.3 is 5.97 Å². The van der Waals surface area contributed by atoms with Crippen molar-refractivity contribution in [3.63, 3.8) is 0 Å². The van der Waals surface area contributed by atoms with Crippen LogP contribution in [0.5, 0.6) is 17.2 Å². The van der Waals surface area contributed by atoms with Crippen LogP contribution in [0.2, 0.25) is 0 Å². The van der Waals surface area contributed by atoms with Crippen molar-refractivity contribution in [2.24, 2.45) is 0 Å². The highest BCUT2D eigenvalue weighted by Crippen LogP contribution is 2.35. The number of nitrogens with one attached hydrogen (secondary N) is 1.